The molecule has 0 fully saturated rings. The van der Waals surface area contributed by atoms with Crippen molar-refractivity contribution in [2.24, 2.45) is 0 Å². The van der Waals surface area contributed by atoms with E-state index >= 15 is 0 Å². The van der Waals surface area contributed by atoms with Crippen LogP contribution in [0.1, 0.15) is 26.2 Å². The van der Waals surface area contributed by atoms with Gasteiger partial charge in [-0.05, 0) is 29.7 Å². The quantitative estimate of drug-likeness (QED) is 0.766. The molecule has 122 valence electrons. The number of unbranched alkanes of at least 4 members (excludes halogenated alkanes) is 1. The molecule has 0 unspecified atom stereocenters. The van der Waals surface area contributed by atoms with Crippen molar-refractivity contribution in [1.29, 1.82) is 0 Å². The van der Waals surface area contributed by atoms with Crippen molar-refractivity contribution >= 4 is 15.9 Å². The fraction of sp³-hybridized carbons (Fsp3) is 0.235. The van der Waals surface area contributed by atoms with Crippen LogP contribution in [0.15, 0.2) is 59.5 Å². The van der Waals surface area contributed by atoms with E-state index in [1.807, 2.05) is 43.3 Å². The maximum Gasteiger partial charge on any atom is 0.257 e. The summed E-state index contributed by atoms with van der Waals surface area (Å²) in [6.45, 7) is 1.96. The summed E-state index contributed by atoms with van der Waals surface area (Å²) in [5.74, 6) is -0.338. The molecular weight excluding hydrogens is 312 g/mol. The predicted molar refractivity (Wildman–Crippen MR) is 89.9 cm³/mol. The summed E-state index contributed by atoms with van der Waals surface area (Å²) in [5, 5.41) is 0. The number of sulfonamides is 1. The number of nitrogens with one attached hydrogen (secondary N) is 2. The number of carbonyl (C=O) groups is 1. The monoisotopic (exact) mass is 332 g/mol. The average Bonchev–Trinajstić information content (AvgIpc) is 2.59. The molecule has 0 aromatic heterocycles. The van der Waals surface area contributed by atoms with Crippen molar-refractivity contribution in [1.82, 2.24) is 10.3 Å². The number of rotatable bonds is 7. The molecule has 0 spiro atoms. The van der Waals surface area contributed by atoms with Gasteiger partial charge in [-0.3, -0.25) is 10.2 Å². The molecule has 0 saturated heterocycles. The minimum Gasteiger partial charge on any atom is -0.278 e. The molecule has 0 heterocycles. The zero-order valence-electron chi connectivity index (χ0n) is 13.0. The SMILES string of the molecule is CCCCC(=O)NNS(=O)(=O)c1cccc(-c2ccccc2)c1. The van der Waals surface area contributed by atoms with Gasteiger partial charge in [0.1, 0.15) is 0 Å². The highest BCUT2D eigenvalue weighted by Gasteiger charge is 2.15. The molecular formula is C17H20N2O3S. The first-order chi connectivity index (χ1) is 11.0. The molecule has 0 saturated carbocycles. The third kappa shape index (κ3) is 4.91. The Labute approximate surface area is 136 Å². The normalized spacial score (nSPS) is 11.2. The van der Waals surface area contributed by atoms with Crippen molar-refractivity contribution in [2.45, 2.75) is 31.1 Å². The lowest BCUT2D eigenvalue weighted by atomic mass is 10.1. The lowest BCUT2D eigenvalue weighted by Crippen LogP contribution is -2.41. The van der Waals surface area contributed by atoms with E-state index in [1.54, 1.807) is 12.1 Å². The topological polar surface area (TPSA) is 75.3 Å². The molecule has 23 heavy (non-hydrogen) atoms. The maximum absolute atomic E-state index is 12.3. The smallest absolute Gasteiger partial charge is 0.257 e. The van der Waals surface area contributed by atoms with E-state index < -0.39 is 10.0 Å². The van der Waals surface area contributed by atoms with Crippen molar-refractivity contribution < 1.29 is 13.2 Å². The van der Waals surface area contributed by atoms with Crippen LogP contribution in [0.3, 0.4) is 0 Å². The molecule has 2 rings (SSSR count). The van der Waals surface area contributed by atoms with Gasteiger partial charge in [-0.15, -0.1) is 4.83 Å². The lowest BCUT2D eigenvalue weighted by Gasteiger charge is -2.09. The first kappa shape index (κ1) is 17.2. The second-order valence-corrected chi connectivity index (χ2v) is 6.83. The Morgan fingerprint density at radius 1 is 1.00 bits per heavy atom. The molecule has 0 aliphatic heterocycles. The summed E-state index contributed by atoms with van der Waals surface area (Å²) >= 11 is 0. The first-order valence-electron chi connectivity index (χ1n) is 7.49. The Kier molecular flexibility index (Phi) is 5.90. The minimum absolute atomic E-state index is 0.106. The van der Waals surface area contributed by atoms with Gasteiger partial charge in [0.2, 0.25) is 5.91 Å². The zero-order chi connectivity index (χ0) is 16.7. The lowest BCUT2D eigenvalue weighted by molar-refractivity contribution is -0.121. The highest BCUT2D eigenvalue weighted by Crippen LogP contribution is 2.21. The number of benzene rings is 2. The van der Waals surface area contributed by atoms with Crippen molar-refractivity contribution in [3.63, 3.8) is 0 Å². The van der Waals surface area contributed by atoms with Crippen LogP contribution in [0.5, 0.6) is 0 Å². The van der Waals surface area contributed by atoms with Crippen LogP contribution in [-0.4, -0.2) is 14.3 Å². The molecule has 2 aromatic rings. The molecule has 0 aliphatic carbocycles. The van der Waals surface area contributed by atoms with Gasteiger partial charge in [-0.25, -0.2) is 8.42 Å². The number of hydrogen-bond acceptors (Lipinski definition) is 3. The molecule has 0 bridgehead atoms. The van der Waals surface area contributed by atoms with Crippen LogP contribution < -0.4 is 10.3 Å². The minimum atomic E-state index is -3.79. The Hall–Kier alpha value is -2.18. The third-order valence-corrected chi connectivity index (χ3v) is 4.58. The predicted octanol–water partition coefficient (Wildman–Crippen LogP) is 2.85. The van der Waals surface area contributed by atoms with Gasteiger partial charge in [-0.1, -0.05) is 55.8 Å². The van der Waals surface area contributed by atoms with Gasteiger partial charge < -0.3 is 0 Å². The molecule has 6 heteroatoms. The van der Waals surface area contributed by atoms with Crippen molar-refractivity contribution in [2.75, 3.05) is 0 Å². The number of hydrogen-bond donors (Lipinski definition) is 2. The fourth-order valence-corrected chi connectivity index (χ4v) is 2.96. The molecule has 2 aromatic carbocycles. The van der Waals surface area contributed by atoms with Gasteiger partial charge in [0.15, 0.2) is 0 Å². The van der Waals surface area contributed by atoms with E-state index in [0.717, 1.165) is 24.0 Å². The number of carbonyl (C=O) groups excluding carboxylic acids is 1. The highest BCUT2D eigenvalue weighted by atomic mass is 32.2. The second-order valence-electron chi connectivity index (χ2n) is 5.15. The molecule has 0 aliphatic rings. The van der Waals surface area contributed by atoms with Gasteiger partial charge >= 0.3 is 0 Å². The van der Waals surface area contributed by atoms with Gasteiger partial charge in [0.25, 0.3) is 10.0 Å². The molecule has 0 atom stereocenters. The van der Waals surface area contributed by atoms with Crippen molar-refractivity contribution in [3.05, 3.63) is 54.6 Å². The Morgan fingerprint density at radius 3 is 2.39 bits per heavy atom. The van der Waals surface area contributed by atoms with Crippen LogP contribution in [0.25, 0.3) is 11.1 Å². The van der Waals surface area contributed by atoms with E-state index in [2.05, 4.69) is 10.3 Å². The van der Waals surface area contributed by atoms with Gasteiger partial charge in [-0.2, -0.15) is 0 Å². The Bertz CT molecular complexity index is 758. The maximum atomic E-state index is 12.3. The summed E-state index contributed by atoms with van der Waals surface area (Å²) in [6, 6.07) is 16.1. The highest BCUT2D eigenvalue weighted by molar-refractivity contribution is 7.89. The fourth-order valence-electron chi connectivity index (χ4n) is 2.06. The van der Waals surface area contributed by atoms with Crippen LogP contribution in [0, 0.1) is 0 Å². The van der Waals surface area contributed by atoms with Gasteiger partial charge in [0, 0.05) is 6.42 Å². The van der Waals surface area contributed by atoms with Gasteiger partial charge in [0.05, 0.1) is 4.90 Å². The van der Waals surface area contributed by atoms with Crippen LogP contribution in [-0.2, 0) is 14.8 Å². The zero-order valence-corrected chi connectivity index (χ0v) is 13.8. The van der Waals surface area contributed by atoms with E-state index in [0.29, 0.717) is 6.42 Å². The summed E-state index contributed by atoms with van der Waals surface area (Å²) < 4.78 is 24.5. The molecule has 0 radical (unpaired) electrons. The average molecular weight is 332 g/mol. The summed E-state index contributed by atoms with van der Waals surface area (Å²) in [5.41, 5.74) is 3.96. The van der Waals surface area contributed by atoms with E-state index in [-0.39, 0.29) is 10.8 Å². The van der Waals surface area contributed by atoms with Crippen LogP contribution in [0.2, 0.25) is 0 Å². The van der Waals surface area contributed by atoms with Crippen molar-refractivity contribution in [3.8, 4) is 11.1 Å². The van der Waals surface area contributed by atoms with E-state index in [1.165, 1.54) is 6.07 Å². The molecule has 2 N–H and O–H groups in total. The summed E-state index contributed by atoms with van der Waals surface area (Å²) in [6.07, 6.45) is 1.89. The number of amides is 1. The largest absolute Gasteiger partial charge is 0.278 e. The second kappa shape index (κ2) is 7.89. The Balaban J connectivity index is 2.13. The molecule has 1 amide bonds. The standard InChI is InChI=1S/C17H20N2O3S/c1-2-3-12-17(20)18-19-23(21,22)16-11-7-10-15(13-16)14-8-5-4-6-9-14/h4-11,13,19H,2-3,12H2,1H3,(H,18,20). The summed E-state index contributed by atoms with van der Waals surface area (Å²) in [7, 11) is -3.79. The molecule has 5 nitrogen and oxygen atoms in total. The first-order valence-corrected chi connectivity index (χ1v) is 8.97. The third-order valence-electron chi connectivity index (χ3n) is 3.33. The van der Waals surface area contributed by atoms with Crippen LogP contribution in [0.4, 0.5) is 0 Å². The van der Waals surface area contributed by atoms with E-state index in [4.69, 9.17) is 0 Å². The summed E-state index contributed by atoms with van der Waals surface area (Å²) in [4.78, 5) is 13.8. The Morgan fingerprint density at radius 2 is 1.70 bits per heavy atom. The van der Waals surface area contributed by atoms with E-state index in [9.17, 15) is 13.2 Å². The number of hydrazine groups is 1. The van der Waals surface area contributed by atoms with Crippen LogP contribution >= 0.6 is 0 Å².